The van der Waals surface area contributed by atoms with Gasteiger partial charge < -0.3 is 20.1 Å². The molecule has 164 valence electrons. The summed E-state index contributed by atoms with van der Waals surface area (Å²) in [7, 11) is 3.14. The second kappa shape index (κ2) is 8.81. The van der Waals surface area contributed by atoms with Crippen LogP contribution in [0.25, 0.3) is 6.08 Å². The number of ether oxygens (including phenoxy) is 2. The van der Waals surface area contributed by atoms with Gasteiger partial charge in [0.2, 0.25) is 11.8 Å². The molecule has 0 spiro atoms. The Kier molecular flexibility index (Phi) is 5.94. The molecular formula is C22H27N5O4. The van der Waals surface area contributed by atoms with Crippen molar-refractivity contribution in [2.75, 3.05) is 19.5 Å². The molecule has 2 fully saturated rings. The summed E-state index contributed by atoms with van der Waals surface area (Å²) in [4.78, 5) is 24.6. The van der Waals surface area contributed by atoms with Gasteiger partial charge in [-0.3, -0.25) is 14.9 Å². The summed E-state index contributed by atoms with van der Waals surface area (Å²) in [5, 5.41) is 13.7. The summed E-state index contributed by atoms with van der Waals surface area (Å²) in [5.41, 5.74) is 1.73. The molecule has 2 atom stereocenters. The van der Waals surface area contributed by atoms with Crippen LogP contribution in [-0.4, -0.2) is 41.9 Å². The van der Waals surface area contributed by atoms with Gasteiger partial charge in [-0.1, -0.05) is 6.07 Å². The van der Waals surface area contributed by atoms with Gasteiger partial charge in [-0.2, -0.15) is 5.10 Å². The molecule has 2 aliphatic rings. The van der Waals surface area contributed by atoms with Gasteiger partial charge in [-0.05, 0) is 43.5 Å². The second-order valence-corrected chi connectivity index (χ2v) is 7.85. The molecule has 1 aliphatic carbocycles. The number of methoxy groups -OCH3 is 2. The maximum Gasteiger partial charge on any atom is 0.249 e. The third-order valence-corrected chi connectivity index (χ3v) is 5.31. The number of nitrogens with zero attached hydrogens (tertiary/aromatic N) is 2. The number of carbonyl (C=O) groups is 2. The lowest BCUT2D eigenvalue weighted by Gasteiger charge is -2.30. The van der Waals surface area contributed by atoms with Crippen molar-refractivity contribution in [3.8, 4) is 11.5 Å². The van der Waals surface area contributed by atoms with Gasteiger partial charge in [0.15, 0.2) is 17.8 Å². The van der Waals surface area contributed by atoms with Crippen LogP contribution in [0.4, 0.5) is 5.82 Å². The second-order valence-electron chi connectivity index (χ2n) is 7.85. The molecule has 2 aromatic rings. The molecule has 9 heteroatoms. The third kappa shape index (κ3) is 4.88. The largest absolute Gasteiger partial charge is 0.493 e. The van der Waals surface area contributed by atoms with Crippen LogP contribution in [0.2, 0.25) is 0 Å². The van der Waals surface area contributed by atoms with Crippen LogP contribution >= 0.6 is 0 Å². The normalized spacial score (nSPS) is 21.1. The van der Waals surface area contributed by atoms with E-state index in [1.807, 2.05) is 19.1 Å². The lowest BCUT2D eigenvalue weighted by atomic mass is 10.2. The smallest absolute Gasteiger partial charge is 0.249 e. The van der Waals surface area contributed by atoms with Crippen LogP contribution in [0.15, 0.2) is 30.3 Å². The Bertz CT molecular complexity index is 1010. The van der Waals surface area contributed by atoms with E-state index in [1.54, 1.807) is 37.1 Å². The molecule has 0 bridgehead atoms. The monoisotopic (exact) mass is 425 g/mol. The number of anilines is 1. The maximum atomic E-state index is 12.6. The van der Waals surface area contributed by atoms with E-state index < -0.39 is 6.29 Å². The SMILES string of the molecule is COc1ccc(/C=C/C(=O)Nc2cc(C3CC3)nn2C2NC(=O)CC(C)N2)cc1OC. The summed E-state index contributed by atoms with van der Waals surface area (Å²) >= 11 is 0. The first-order valence-corrected chi connectivity index (χ1v) is 10.3. The number of nitrogens with one attached hydrogen (secondary N) is 3. The topological polar surface area (TPSA) is 107 Å². The van der Waals surface area contributed by atoms with Crippen molar-refractivity contribution in [2.45, 2.75) is 44.4 Å². The quantitative estimate of drug-likeness (QED) is 0.588. The lowest BCUT2D eigenvalue weighted by Crippen LogP contribution is -2.52. The number of rotatable bonds is 7. The fraction of sp³-hybridized carbons (Fsp3) is 0.409. The van der Waals surface area contributed by atoms with Crippen molar-refractivity contribution >= 4 is 23.7 Å². The predicted molar refractivity (Wildman–Crippen MR) is 116 cm³/mol. The highest BCUT2D eigenvalue weighted by Gasteiger charge is 2.31. The molecule has 0 radical (unpaired) electrons. The standard InChI is InChI=1S/C22H27N5O4/c1-13-10-21(29)25-22(23-13)27-19(12-16(26-27)15-6-7-15)24-20(28)9-5-14-4-8-17(30-2)18(11-14)31-3/h4-5,8-9,11-13,15,22-23H,6-7,10H2,1-3H3,(H,24,28)(H,25,29)/b9-5+. The van der Waals surface area contributed by atoms with E-state index in [1.165, 1.54) is 6.08 Å². The van der Waals surface area contributed by atoms with Gasteiger partial charge in [-0.25, -0.2) is 4.68 Å². The summed E-state index contributed by atoms with van der Waals surface area (Å²) in [6.45, 7) is 1.95. The number of hydrogen-bond acceptors (Lipinski definition) is 6. The summed E-state index contributed by atoms with van der Waals surface area (Å²) < 4.78 is 12.2. The van der Waals surface area contributed by atoms with E-state index >= 15 is 0 Å². The van der Waals surface area contributed by atoms with Gasteiger partial charge in [0, 0.05) is 30.5 Å². The average molecular weight is 425 g/mol. The number of aromatic nitrogens is 2. The molecule has 3 N–H and O–H groups in total. The van der Waals surface area contributed by atoms with Crippen LogP contribution in [0.5, 0.6) is 11.5 Å². The molecule has 1 aromatic carbocycles. The number of hydrogen-bond donors (Lipinski definition) is 3. The van der Waals surface area contributed by atoms with Crippen LogP contribution in [0.3, 0.4) is 0 Å². The average Bonchev–Trinajstić information content (AvgIpc) is 3.52. The Balaban J connectivity index is 1.51. The number of benzene rings is 1. The zero-order chi connectivity index (χ0) is 22.0. The van der Waals surface area contributed by atoms with Crippen molar-refractivity contribution in [1.82, 2.24) is 20.4 Å². The number of amides is 2. The Morgan fingerprint density at radius 2 is 2.00 bits per heavy atom. The van der Waals surface area contributed by atoms with E-state index in [9.17, 15) is 9.59 Å². The minimum absolute atomic E-state index is 0.0147. The first-order valence-electron chi connectivity index (χ1n) is 10.3. The van der Waals surface area contributed by atoms with Crippen LogP contribution in [0.1, 0.15) is 49.7 Å². The van der Waals surface area contributed by atoms with Crippen LogP contribution < -0.4 is 25.4 Å². The van der Waals surface area contributed by atoms with Gasteiger partial charge in [-0.15, -0.1) is 0 Å². The van der Waals surface area contributed by atoms with Gasteiger partial charge in [0.1, 0.15) is 5.82 Å². The van der Waals surface area contributed by atoms with Gasteiger partial charge in [0.25, 0.3) is 0 Å². The predicted octanol–water partition coefficient (Wildman–Crippen LogP) is 2.38. The summed E-state index contributed by atoms with van der Waals surface area (Å²) in [6, 6.07) is 7.31. The van der Waals surface area contributed by atoms with Gasteiger partial charge >= 0.3 is 0 Å². The molecule has 1 saturated heterocycles. The zero-order valence-corrected chi connectivity index (χ0v) is 17.8. The molecule has 2 unspecified atom stereocenters. The van der Waals surface area contributed by atoms with Crippen LogP contribution in [0, 0.1) is 0 Å². The van der Waals surface area contributed by atoms with E-state index in [-0.39, 0.29) is 17.9 Å². The lowest BCUT2D eigenvalue weighted by molar-refractivity contribution is -0.125. The minimum atomic E-state index is -0.506. The Morgan fingerprint density at radius 1 is 1.23 bits per heavy atom. The molecule has 4 rings (SSSR count). The molecule has 9 nitrogen and oxygen atoms in total. The molecular weight excluding hydrogens is 398 g/mol. The highest BCUT2D eigenvalue weighted by Crippen LogP contribution is 2.40. The molecule has 2 heterocycles. The van der Waals surface area contributed by atoms with Crippen molar-refractivity contribution in [3.63, 3.8) is 0 Å². The Labute approximate surface area is 180 Å². The van der Waals surface area contributed by atoms with E-state index in [0.717, 1.165) is 24.1 Å². The maximum absolute atomic E-state index is 12.6. The Hall–Kier alpha value is -3.33. The van der Waals surface area contributed by atoms with Crippen molar-refractivity contribution < 1.29 is 19.1 Å². The van der Waals surface area contributed by atoms with Crippen molar-refractivity contribution in [3.05, 3.63) is 41.6 Å². The zero-order valence-electron chi connectivity index (χ0n) is 17.8. The minimum Gasteiger partial charge on any atom is -0.493 e. The fourth-order valence-corrected chi connectivity index (χ4v) is 3.57. The van der Waals surface area contributed by atoms with E-state index in [2.05, 4.69) is 21.0 Å². The fourth-order valence-electron chi connectivity index (χ4n) is 3.57. The first kappa shape index (κ1) is 20.9. The van der Waals surface area contributed by atoms with Crippen LogP contribution in [-0.2, 0) is 9.59 Å². The molecule has 1 saturated carbocycles. The van der Waals surface area contributed by atoms with E-state index in [4.69, 9.17) is 9.47 Å². The van der Waals surface area contributed by atoms with Crippen molar-refractivity contribution in [1.29, 1.82) is 0 Å². The highest BCUT2D eigenvalue weighted by atomic mass is 16.5. The first-order chi connectivity index (χ1) is 15.0. The third-order valence-electron chi connectivity index (χ3n) is 5.31. The molecule has 31 heavy (non-hydrogen) atoms. The van der Waals surface area contributed by atoms with E-state index in [0.29, 0.717) is 29.7 Å². The Morgan fingerprint density at radius 3 is 2.68 bits per heavy atom. The molecule has 1 aromatic heterocycles. The summed E-state index contributed by atoms with van der Waals surface area (Å²) in [6.07, 6.45) is 5.22. The van der Waals surface area contributed by atoms with Crippen molar-refractivity contribution in [2.24, 2.45) is 0 Å². The van der Waals surface area contributed by atoms with Gasteiger partial charge in [0.05, 0.1) is 19.9 Å². The summed E-state index contributed by atoms with van der Waals surface area (Å²) in [5.74, 6) is 1.81. The highest BCUT2D eigenvalue weighted by molar-refractivity contribution is 6.01. The number of carbonyl (C=O) groups excluding carboxylic acids is 2. The molecule has 2 amide bonds. The molecule has 1 aliphatic heterocycles.